The highest BCUT2D eigenvalue weighted by atomic mass is 35.5. The van der Waals surface area contributed by atoms with Crippen LogP contribution in [-0.4, -0.2) is 50.0 Å². The third-order valence-corrected chi connectivity index (χ3v) is 7.19. The van der Waals surface area contributed by atoms with Gasteiger partial charge in [-0.25, -0.2) is 12.8 Å². The van der Waals surface area contributed by atoms with Crippen LogP contribution in [0.4, 0.5) is 10.1 Å². The number of hydrogen-bond donors (Lipinski definition) is 1. The summed E-state index contributed by atoms with van der Waals surface area (Å²) in [5.41, 5.74) is 0.959. The lowest BCUT2D eigenvalue weighted by molar-refractivity contribution is -0.139. The maximum Gasteiger partial charge on any atom is 0.244 e. The molecule has 2 aromatic rings. The number of nitrogens with zero attached hydrogens (tertiary/aromatic N) is 2. The first-order valence-electron chi connectivity index (χ1n) is 10.9. The van der Waals surface area contributed by atoms with Gasteiger partial charge in [-0.1, -0.05) is 42.8 Å². The van der Waals surface area contributed by atoms with E-state index in [4.69, 9.17) is 11.6 Å². The number of rotatable bonds is 10. The second-order valence-electron chi connectivity index (χ2n) is 8.26. The number of halogens is 2. The van der Waals surface area contributed by atoms with E-state index in [-0.39, 0.29) is 23.8 Å². The zero-order valence-electron chi connectivity index (χ0n) is 20.0. The van der Waals surface area contributed by atoms with Crippen molar-refractivity contribution in [2.75, 3.05) is 17.1 Å². The maximum atomic E-state index is 14.4. The van der Waals surface area contributed by atoms with Gasteiger partial charge in [0.05, 0.1) is 11.9 Å². The summed E-state index contributed by atoms with van der Waals surface area (Å²) in [5.74, 6) is -1.59. The van der Waals surface area contributed by atoms with Crippen LogP contribution in [0.1, 0.15) is 38.3 Å². The molecule has 0 radical (unpaired) electrons. The van der Waals surface area contributed by atoms with Crippen molar-refractivity contribution in [3.05, 3.63) is 64.4 Å². The monoisotopic (exact) mass is 511 g/mol. The average molecular weight is 512 g/mol. The predicted molar refractivity (Wildman–Crippen MR) is 133 cm³/mol. The van der Waals surface area contributed by atoms with Crippen molar-refractivity contribution in [3.63, 3.8) is 0 Å². The zero-order valence-corrected chi connectivity index (χ0v) is 21.6. The van der Waals surface area contributed by atoms with Crippen LogP contribution in [0, 0.1) is 12.7 Å². The Morgan fingerprint density at radius 1 is 1.12 bits per heavy atom. The van der Waals surface area contributed by atoms with Gasteiger partial charge in [0.2, 0.25) is 21.8 Å². The molecule has 1 N–H and O–H groups in total. The average Bonchev–Trinajstić information content (AvgIpc) is 2.77. The Balaban J connectivity index is 2.45. The molecule has 0 aliphatic heterocycles. The Kier molecular flexibility index (Phi) is 9.46. The second kappa shape index (κ2) is 11.7. The molecule has 0 fully saturated rings. The van der Waals surface area contributed by atoms with Crippen molar-refractivity contribution in [1.29, 1.82) is 0 Å². The molecule has 2 amide bonds. The molecule has 0 unspecified atom stereocenters. The van der Waals surface area contributed by atoms with Gasteiger partial charge >= 0.3 is 0 Å². The van der Waals surface area contributed by atoms with E-state index in [1.54, 1.807) is 31.2 Å². The van der Waals surface area contributed by atoms with E-state index in [2.05, 4.69) is 5.32 Å². The Hall–Kier alpha value is -2.65. The van der Waals surface area contributed by atoms with E-state index >= 15 is 0 Å². The molecule has 2 rings (SSSR count). The van der Waals surface area contributed by atoms with Gasteiger partial charge in [-0.15, -0.1) is 0 Å². The molecule has 2 aromatic carbocycles. The lowest BCUT2D eigenvalue weighted by Gasteiger charge is -2.32. The highest BCUT2D eigenvalue weighted by Gasteiger charge is 2.31. The van der Waals surface area contributed by atoms with Gasteiger partial charge in [0.1, 0.15) is 18.4 Å². The van der Waals surface area contributed by atoms with E-state index in [1.165, 1.54) is 30.0 Å². The van der Waals surface area contributed by atoms with Crippen molar-refractivity contribution < 1.29 is 22.4 Å². The van der Waals surface area contributed by atoms with Crippen LogP contribution in [0.25, 0.3) is 0 Å². The largest absolute Gasteiger partial charge is 0.352 e. The molecular weight excluding hydrogens is 481 g/mol. The SMILES string of the molecule is CC[C@@H](C)NC(=O)[C@H](C)N(Cc1ccccc1F)C(=O)CN(c1cccc(Cl)c1C)S(C)(=O)=O. The summed E-state index contributed by atoms with van der Waals surface area (Å²) in [6, 6.07) is 9.60. The molecule has 10 heteroatoms. The Labute approximate surface area is 205 Å². The van der Waals surface area contributed by atoms with E-state index in [0.717, 1.165) is 10.6 Å². The van der Waals surface area contributed by atoms with Crippen LogP contribution >= 0.6 is 11.6 Å². The summed E-state index contributed by atoms with van der Waals surface area (Å²) in [4.78, 5) is 27.5. The normalized spacial score (nSPS) is 13.1. The summed E-state index contributed by atoms with van der Waals surface area (Å²) in [5, 5.41) is 3.17. The minimum absolute atomic E-state index is 0.123. The van der Waals surface area contributed by atoms with E-state index in [1.807, 2.05) is 13.8 Å². The van der Waals surface area contributed by atoms with Crippen LogP contribution < -0.4 is 9.62 Å². The number of nitrogens with one attached hydrogen (secondary N) is 1. The van der Waals surface area contributed by atoms with Crippen LogP contribution in [0.5, 0.6) is 0 Å². The van der Waals surface area contributed by atoms with Crippen molar-refractivity contribution >= 4 is 39.1 Å². The quantitative estimate of drug-likeness (QED) is 0.524. The fourth-order valence-corrected chi connectivity index (χ4v) is 4.39. The van der Waals surface area contributed by atoms with Crippen LogP contribution in [-0.2, 0) is 26.2 Å². The van der Waals surface area contributed by atoms with E-state index < -0.39 is 40.2 Å². The lowest BCUT2D eigenvalue weighted by Crippen LogP contribution is -2.52. The molecule has 2 atom stereocenters. The Bertz CT molecular complexity index is 1140. The number of benzene rings is 2. The van der Waals surface area contributed by atoms with Crippen LogP contribution in [0.2, 0.25) is 5.02 Å². The van der Waals surface area contributed by atoms with Crippen molar-refractivity contribution in [3.8, 4) is 0 Å². The number of carbonyl (C=O) groups is 2. The first kappa shape index (κ1) is 27.6. The van der Waals surface area contributed by atoms with Crippen molar-refractivity contribution in [1.82, 2.24) is 10.2 Å². The summed E-state index contributed by atoms with van der Waals surface area (Å²) >= 11 is 6.17. The molecule has 7 nitrogen and oxygen atoms in total. The van der Waals surface area contributed by atoms with E-state index in [9.17, 15) is 22.4 Å². The molecule has 0 aliphatic rings. The minimum Gasteiger partial charge on any atom is -0.352 e. The maximum absolute atomic E-state index is 14.4. The lowest BCUT2D eigenvalue weighted by atomic mass is 10.1. The minimum atomic E-state index is -3.88. The standard InChI is InChI=1S/C24H31ClFN3O4S/c1-6-16(2)27-24(31)18(4)28(14-19-10-7-8-12-21(19)26)23(30)15-29(34(5,32)33)22-13-9-11-20(25)17(22)3/h7-13,16,18H,6,14-15H2,1-5H3,(H,27,31)/t16-,18+/m1/s1. The summed E-state index contributed by atoms with van der Waals surface area (Å²) in [6.45, 7) is 6.16. The fourth-order valence-electron chi connectivity index (χ4n) is 3.32. The first-order valence-corrected chi connectivity index (χ1v) is 13.2. The molecule has 0 bridgehead atoms. The topological polar surface area (TPSA) is 86.8 Å². The third kappa shape index (κ3) is 6.93. The molecular formula is C24H31ClFN3O4S. The molecule has 0 heterocycles. The fraction of sp³-hybridized carbons (Fsp3) is 0.417. The first-order chi connectivity index (χ1) is 15.9. The molecule has 0 spiro atoms. The second-order valence-corrected chi connectivity index (χ2v) is 10.6. The Morgan fingerprint density at radius 2 is 1.76 bits per heavy atom. The van der Waals surface area contributed by atoms with Crippen LogP contribution in [0.15, 0.2) is 42.5 Å². The van der Waals surface area contributed by atoms with Crippen molar-refractivity contribution in [2.24, 2.45) is 0 Å². The highest BCUT2D eigenvalue weighted by molar-refractivity contribution is 7.92. The predicted octanol–water partition coefficient (Wildman–Crippen LogP) is 3.89. The van der Waals surface area contributed by atoms with Gasteiger partial charge < -0.3 is 10.2 Å². The Morgan fingerprint density at radius 3 is 2.35 bits per heavy atom. The molecule has 186 valence electrons. The molecule has 0 aliphatic carbocycles. The smallest absolute Gasteiger partial charge is 0.244 e. The molecule has 0 saturated carbocycles. The summed E-state index contributed by atoms with van der Waals surface area (Å²) in [6.07, 6.45) is 1.68. The zero-order chi connectivity index (χ0) is 25.6. The molecule has 34 heavy (non-hydrogen) atoms. The number of carbonyl (C=O) groups excluding carboxylic acids is 2. The summed E-state index contributed by atoms with van der Waals surface area (Å²) < 4.78 is 40.6. The van der Waals surface area contributed by atoms with Crippen molar-refractivity contribution in [2.45, 2.75) is 52.7 Å². The number of anilines is 1. The number of amides is 2. The van der Waals surface area contributed by atoms with Gasteiger partial charge in [0, 0.05) is 23.2 Å². The van der Waals surface area contributed by atoms with Gasteiger partial charge in [-0.2, -0.15) is 0 Å². The van der Waals surface area contributed by atoms with E-state index in [0.29, 0.717) is 17.0 Å². The van der Waals surface area contributed by atoms with Gasteiger partial charge in [0.15, 0.2) is 0 Å². The van der Waals surface area contributed by atoms with Crippen LogP contribution in [0.3, 0.4) is 0 Å². The summed E-state index contributed by atoms with van der Waals surface area (Å²) in [7, 11) is -3.88. The van der Waals surface area contributed by atoms with Gasteiger partial charge in [-0.05, 0) is 51.0 Å². The van der Waals surface area contributed by atoms with Gasteiger partial charge in [-0.3, -0.25) is 13.9 Å². The molecule has 0 saturated heterocycles. The highest BCUT2D eigenvalue weighted by Crippen LogP contribution is 2.28. The number of hydrogen-bond acceptors (Lipinski definition) is 4. The number of sulfonamides is 1. The van der Waals surface area contributed by atoms with Gasteiger partial charge in [0.25, 0.3) is 0 Å². The third-order valence-electron chi connectivity index (χ3n) is 5.65. The molecule has 0 aromatic heterocycles.